The number of hydrogen-bond donors (Lipinski definition) is 1. The summed E-state index contributed by atoms with van der Waals surface area (Å²) in [7, 11) is 0. The van der Waals surface area contributed by atoms with Gasteiger partial charge in [0.25, 0.3) is 0 Å². The van der Waals surface area contributed by atoms with Crippen molar-refractivity contribution in [1.82, 2.24) is 9.88 Å². The van der Waals surface area contributed by atoms with Crippen LogP contribution in [0.5, 0.6) is 0 Å². The average molecular weight is 371 g/mol. The van der Waals surface area contributed by atoms with Gasteiger partial charge in [-0.3, -0.25) is 14.6 Å². The number of amides is 2. The molecule has 3 aromatic rings. The van der Waals surface area contributed by atoms with Crippen LogP contribution in [0.2, 0.25) is 0 Å². The number of carbonyl (C=O) groups is 2. The average Bonchev–Trinajstić information content (AvgIpc) is 3.10. The molecule has 5 nitrogen and oxygen atoms in total. The minimum atomic E-state index is -0.361. The predicted octanol–water partition coefficient (Wildman–Crippen LogP) is 3.74. The Morgan fingerprint density at radius 3 is 2.54 bits per heavy atom. The topological polar surface area (TPSA) is 62.3 Å². The predicted molar refractivity (Wildman–Crippen MR) is 108 cm³/mol. The quantitative estimate of drug-likeness (QED) is 0.743. The lowest BCUT2D eigenvalue weighted by Gasteiger charge is -2.17. The summed E-state index contributed by atoms with van der Waals surface area (Å²) in [4.78, 5) is 31.2. The second kappa shape index (κ2) is 8.05. The van der Waals surface area contributed by atoms with E-state index in [0.29, 0.717) is 13.1 Å². The zero-order valence-corrected chi connectivity index (χ0v) is 15.4. The summed E-state index contributed by atoms with van der Waals surface area (Å²) in [6.45, 7) is 0.846. The third-order valence-electron chi connectivity index (χ3n) is 4.93. The van der Waals surface area contributed by atoms with E-state index in [0.717, 1.165) is 22.5 Å². The molecule has 0 spiro atoms. The van der Waals surface area contributed by atoms with Gasteiger partial charge < -0.3 is 10.2 Å². The maximum Gasteiger partial charge on any atom is 0.229 e. The minimum absolute atomic E-state index is 0.0119. The lowest BCUT2D eigenvalue weighted by molar-refractivity contribution is -0.128. The molecule has 2 amide bonds. The Morgan fingerprint density at radius 1 is 1.00 bits per heavy atom. The number of anilines is 1. The molecule has 0 saturated carbocycles. The Bertz CT molecular complexity index is 973. The molecular weight excluding hydrogens is 350 g/mol. The fourth-order valence-corrected chi connectivity index (χ4v) is 3.48. The van der Waals surface area contributed by atoms with Gasteiger partial charge in [-0.05, 0) is 23.8 Å². The molecule has 1 aliphatic heterocycles. The molecule has 0 radical (unpaired) electrons. The number of nitrogens with one attached hydrogen (secondary N) is 1. The number of rotatable bonds is 5. The van der Waals surface area contributed by atoms with Gasteiger partial charge in [0.15, 0.2) is 0 Å². The highest BCUT2D eigenvalue weighted by Gasteiger charge is 2.34. The van der Waals surface area contributed by atoms with Crippen LogP contribution < -0.4 is 5.32 Å². The molecule has 1 fully saturated rings. The highest BCUT2D eigenvalue weighted by molar-refractivity contribution is 5.99. The molecule has 1 aliphatic rings. The first-order chi connectivity index (χ1) is 13.7. The monoisotopic (exact) mass is 371 g/mol. The lowest BCUT2D eigenvalue weighted by atomic mass is 10.0. The molecule has 1 saturated heterocycles. The maximum atomic E-state index is 12.8. The van der Waals surface area contributed by atoms with Gasteiger partial charge in [0.05, 0.1) is 18.2 Å². The highest BCUT2D eigenvalue weighted by Crippen LogP contribution is 2.29. The van der Waals surface area contributed by atoms with Crippen molar-refractivity contribution in [2.75, 3.05) is 11.9 Å². The van der Waals surface area contributed by atoms with Crippen molar-refractivity contribution >= 4 is 17.5 Å². The second-order valence-corrected chi connectivity index (χ2v) is 6.90. The molecule has 4 rings (SSSR count). The number of benzene rings is 2. The first kappa shape index (κ1) is 17.9. The van der Waals surface area contributed by atoms with Crippen LogP contribution in [0.1, 0.15) is 12.1 Å². The SMILES string of the molecule is O=C(Nc1ccccc1-c1ccccc1)C1CC(=O)N(Cc2ccccn2)C1. The molecule has 2 heterocycles. The first-order valence-electron chi connectivity index (χ1n) is 9.34. The molecule has 0 bridgehead atoms. The Labute approximate surface area is 164 Å². The van der Waals surface area contributed by atoms with Crippen molar-refractivity contribution in [1.29, 1.82) is 0 Å². The van der Waals surface area contributed by atoms with Crippen molar-refractivity contribution in [2.24, 2.45) is 5.92 Å². The number of carbonyl (C=O) groups excluding carboxylic acids is 2. The Morgan fingerprint density at radius 2 is 1.75 bits per heavy atom. The molecule has 140 valence electrons. The molecular formula is C23H21N3O2. The number of pyridine rings is 1. The molecule has 1 N–H and O–H groups in total. The fourth-order valence-electron chi connectivity index (χ4n) is 3.48. The van der Waals surface area contributed by atoms with E-state index in [2.05, 4.69) is 10.3 Å². The normalized spacial score (nSPS) is 16.2. The van der Waals surface area contributed by atoms with Gasteiger partial charge in [0, 0.05) is 30.4 Å². The summed E-state index contributed by atoms with van der Waals surface area (Å²) in [6.07, 6.45) is 1.94. The summed E-state index contributed by atoms with van der Waals surface area (Å²) in [5, 5.41) is 3.02. The smallest absolute Gasteiger partial charge is 0.229 e. The zero-order chi connectivity index (χ0) is 19.3. The van der Waals surface area contributed by atoms with Crippen LogP contribution in [0.25, 0.3) is 11.1 Å². The van der Waals surface area contributed by atoms with Crippen LogP contribution in [0.15, 0.2) is 79.0 Å². The van der Waals surface area contributed by atoms with Gasteiger partial charge in [-0.15, -0.1) is 0 Å². The summed E-state index contributed by atoms with van der Waals surface area (Å²) in [6, 6.07) is 23.3. The summed E-state index contributed by atoms with van der Waals surface area (Å²) in [5.41, 5.74) is 3.59. The molecule has 1 aromatic heterocycles. The van der Waals surface area contributed by atoms with Crippen LogP contribution >= 0.6 is 0 Å². The highest BCUT2D eigenvalue weighted by atomic mass is 16.2. The fraction of sp³-hybridized carbons (Fsp3) is 0.174. The molecule has 1 atom stereocenters. The second-order valence-electron chi connectivity index (χ2n) is 6.90. The van der Waals surface area contributed by atoms with Crippen molar-refractivity contribution in [2.45, 2.75) is 13.0 Å². The van der Waals surface area contributed by atoms with E-state index in [1.54, 1.807) is 11.1 Å². The number of nitrogens with zero attached hydrogens (tertiary/aromatic N) is 2. The Balaban J connectivity index is 1.46. The van der Waals surface area contributed by atoms with Crippen LogP contribution in [-0.2, 0) is 16.1 Å². The largest absolute Gasteiger partial charge is 0.336 e. The standard InChI is InChI=1S/C23H21N3O2/c27-22-14-18(15-26(22)16-19-10-6-7-13-24-19)23(28)25-21-12-5-4-11-20(21)17-8-2-1-3-9-17/h1-13,18H,14-16H2,(H,25,28). The summed E-state index contributed by atoms with van der Waals surface area (Å²) < 4.78 is 0. The first-order valence-corrected chi connectivity index (χ1v) is 9.34. The van der Waals surface area contributed by atoms with Gasteiger partial charge in [-0.25, -0.2) is 0 Å². The zero-order valence-electron chi connectivity index (χ0n) is 15.4. The van der Waals surface area contributed by atoms with E-state index in [1.165, 1.54) is 0 Å². The van der Waals surface area contributed by atoms with E-state index in [4.69, 9.17) is 0 Å². The van der Waals surface area contributed by atoms with Gasteiger partial charge in [0.2, 0.25) is 11.8 Å². The van der Waals surface area contributed by atoms with Crippen molar-refractivity contribution < 1.29 is 9.59 Å². The van der Waals surface area contributed by atoms with E-state index in [9.17, 15) is 9.59 Å². The van der Waals surface area contributed by atoms with Crippen LogP contribution in [0, 0.1) is 5.92 Å². The van der Waals surface area contributed by atoms with Crippen molar-refractivity contribution in [3.63, 3.8) is 0 Å². The number of para-hydroxylation sites is 1. The van der Waals surface area contributed by atoms with E-state index < -0.39 is 0 Å². The summed E-state index contributed by atoms with van der Waals surface area (Å²) in [5.74, 6) is -0.498. The van der Waals surface area contributed by atoms with Gasteiger partial charge in [-0.1, -0.05) is 54.6 Å². The van der Waals surface area contributed by atoms with E-state index >= 15 is 0 Å². The van der Waals surface area contributed by atoms with Crippen molar-refractivity contribution in [3.05, 3.63) is 84.7 Å². The Kier molecular flexibility index (Phi) is 5.15. The van der Waals surface area contributed by atoms with E-state index in [-0.39, 0.29) is 24.2 Å². The van der Waals surface area contributed by atoms with Crippen LogP contribution in [0.4, 0.5) is 5.69 Å². The van der Waals surface area contributed by atoms with Crippen molar-refractivity contribution in [3.8, 4) is 11.1 Å². The third kappa shape index (κ3) is 3.93. The molecule has 5 heteroatoms. The molecule has 28 heavy (non-hydrogen) atoms. The summed E-state index contributed by atoms with van der Waals surface area (Å²) >= 11 is 0. The minimum Gasteiger partial charge on any atom is -0.336 e. The molecule has 2 aromatic carbocycles. The van der Waals surface area contributed by atoms with Crippen LogP contribution in [0.3, 0.4) is 0 Å². The van der Waals surface area contributed by atoms with Gasteiger partial charge in [0.1, 0.15) is 0 Å². The Hall–Kier alpha value is -3.47. The number of aromatic nitrogens is 1. The number of likely N-dealkylation sites (tertiary alicyclic amines) is 1. The molecule has 0 aliphatic carbocycles. The lowest BCUT2D eigenvalue weighted by Crippen LogP contribution is -2.28. The van der Waals surface area contributed by atoms with E-state index in [1.807, 2.05) is 72.8 Å². The molecule has 1 unspecified atom stereocenters. The van der Waals surface area contributed by atoms with Crippen LogP contribution in [-0.4, -0.2) is 28.2 Å². The number of hydrogen-bond acceptors (Lipinski definition) is 3. The van der Waals surface area contributed by atoms with Gasteiger partial charge >= 0.3 is 0 Å². The van der Waals surface area contributed by atoms with Gasteiger partial charge in [-0.2, -0.15) is 0 Å². The third-order valence-corrected chi connectivity index (χ3v) is 4.93. The maximum absolute atomic E-state index is 12.8.